The summed E-state index contributed by atoms with van der Waals surface area (Å²) in [5, 5.41) is 0. The molecule has 0 aliphatic carbocycles. The lowest BCUT2D eigenvalue weighted by molar-refractivity contribution is 0.906. The summed E-state index contributed by atoms with van der Waals surface area (Å²) in [6.45, 7) is 4.40. The van der Waals surface area contributed by atoms with Crippen molar-refractivity contribution in [2.24, 2.45) is 0 Å². The van der Waals surface area contributed by atoms with Crippen molar-refractivity contribution in [1.29, 1.82) is 0 Å². The van der Waals surface area contributed by atoms with Crippen LogP contribution in [0.1, 0.15) is 52.1 Å². The predicted molar refractivity (Wildman–Crippen MR) is 123 cm³/mol. The van der Waals surface area contributed by atoms with E-state index in [4.69, 9.17) is 5.73 Å². The number of anilines is 1. The minimum atomic E-state index is 0.110. The van der Waals surface area contributed by atoms with Gasteiger partial charge < -0.3 is 5.73 Å². The van der Waals surface area contributed by atoms with Crippen LogP contribution in [0.25, 0.3) is 0 Å². The highest BCUT2D eigenvalue weighted by molar-refractivity contribution is 5.63. The predicted octanol–water partition coefficient (Wildman–Crippen LogP) is 6.91. The smallest absolute Gasteiger partial charge is 0.0395 e. The van der Waals surface area contributed by atoms with Crippen molar-refractivity contribution in [2.45, 2.75) is 25.7 Å². The van der Waals surface area contributed by atoms with E-state index in [-0.39, 0.29) is 11.8 Å². The fourth-order valence-electron chi connectivity index (χ4n) is 4.22. The molecule has 0 aliphatic heterocycles. The Bertz CT molecular complexity index is 1030. The van der Waals surface area contributed by atoms with Crippen molar-refractivity contribution in [1.82, 2.24) is 0 Å². The zero-order valence-electron chi connectivity index (χ0n) is 17.0. The summed E-state index contributed by atoms with van der Waals surface area (Å²) in [5.41, 5.74) is 15.2. The largest absolute Gasteiger partial charge is 0.398 e. The lowest BCUT2D eigenvalue weighted by Crippen LogP contribution is -2.11. The van der Waals surface area contributed by atoms with Gasteiger partial charge in [-0.2, -0.15) is 0 Å². The van der Waals surface area contributed by atoms with E-state index in [0.29, 0.717) is 0 Å². The maximum Gasteiger partial charge on any atom is 0.0395 e. The average Bonchev–Trinajstić information content (AvgIpc) is 2.78. The summed E-state index contributed by atoms with van der Waals surface area (Å²) in [6, 6.07) is 36.4. The third kappa shape index (κ3) is 3.95. The van der Waals surface area contributed by atoms with Crippen molar-refractivity contribution in [3.8, 4) is 0 Å². The monoisotopic (exact) mass is 377 g/mol. The molecule has 0 saturated heterocycles. The van der Waals surface area contributed by atoms with Crippen LogP contribution in [0.4, 0.5) is 5.69 Å². The van der Waals surface area contributed by atoms with Crippen LogP contribution in [0.15, 0.2) is 103 Å². The molecule has 0 aliphatic rings. The zero-order chi connectivity index (χ0) is 20.2. The third-order valence-corrected chi connectivity index (χ3v) is 5.73. The van der Waals surface area contributed by atoms with Crippen molar-refractivity contribution in [3.63, 3.8) is 0 Å². The summed E-state index contributed by atoms with van der Waals surface area (Å²) in [7, 11) is 0. The molecule has 0 amide bonds. The molecule has 4 aromatic rings. The molecule has 29 heavy (non-hydrogen) atoms. The molecule has 2 N–H and O–H groups in total. The SMILES string of the molecule is Cc1cc(C(C)c2ccccc2)c(N)c(C(c2ccccc2)c2ccccc2)c1. The van der Waals surface area contributed by atoms with Gasteiger partial charge in [-0.15, -0.1) is 0 Å². The number of benzene rings is 4. The number of rotatable bonds is 5. The van der Waals surface area contributed by atoms with E-state index in [1.165, 1.54) is 33.4 Å². The van der Waals surface area contributed by atoms with E-state index in [9.17, 15) is 0 Å². The van der Waals surface area contributed by atoms with Gasteiger partial charge in [-0.1, -0.05) is 116 Å². The first-order chi connectivity index (χ1) is 14.1. The van der Waals surface area contributed by atoms with Gasteiger partial charge in [0.2, 0.25) is 0 Å². The summed E-state index contributed by atoms with van der Waals surface area (Å²) in [4.78, 5) is 0. The Hall–Kier alpha value is -3.32. The second-order valence-electron chi connectivity index (χ2n) is 7.74. The van der Waals surface area contributed by atoms with Gasteiger partial charge in [-0.25, -0.2) is 0 Å². The first-order valence-electron chi connectivity index (χ1n) is 10.2. The Labute approximate surface area is 173 Å². The van der Waals surface area contributed by atoms with Crippen LogP contribution >= 0.6 is 0 Å². The lowest BCUT2D eigenvalue weighted by Gasteiger charge is -2.25. The van der Waals surface area contributed by atoms with Crippen molar-refractivity contribution in [3.05, 3.63) is 137 Å². The molecule has 0 aromatic heterocycles. The molecule has 144 valence electrons. The number of hydrogen-bond donors (Lipinski definition) is 1. The third-order valence-electron chi connectivity index (χ3n) is 5.73. The van der Waals surface area contributed by atoms with Gasteiger partial charge in [0.05, 0.1) is 0 Å². The van der Waals surface area contributed by atoms with E-state index in [1.807, 2.05) is 0 Å². The Kier molecular flexibility index (Phi) is 5.48. The van der Waals surface area contributed by atoms with Gasteiger partial charge in [0, 0.05) is 17.5 Å². The minimum Gasteiger partial charge on any atom is -0.398 e. The summed E-state index contributed by atoms with van der Waals surface area (Å²) in [5.74, 6) is 0.348. The van der Waals surface area contributed by atoms with E-state index in [1.54, 1.807) is 0 Å². The van der Waals surface area contributed by atoms with Gasteiger partial charge in [-0.3, -0.25) is 0 Å². The average molecular weight is 378 g/mol. The lowest BCUT2D eigenvalue weighted by atomic mass is 9.80. The molecule has 1 heteroatoms. The van der Waals surface area contributed by atoms with Crippen LogP contribution in [-0.4, -0.2) is 0 Å². The van der Waals surface area contributed by atoms with E-state index in [2.05, 4.69) is 117 Å². The molecule has 1 nitrogen and oxygen atoms in total. The highest BCUT2D eigenvalue weighted by Crippen LogP contribution is 2.40. The maximum absolute atomic E-state index is 6.87. The number of aryl methyl sites for hydroxylation is 1. The summed E-state index contributed by atoms with van der Waals surface area (Å²) < 4.78 is 0. The second kappa shape index (κ2) is 8.36. The standard InChI is InChI=1S/C28H27N/c1-20-18-25(21(2)22-12-6-3-7-13-22)28(29)26(19-20)27(23-14-8-4-9-15-23)24-16-10-5-11-17-24/h3-19,21,27H,29H2,1-2H3. The molecule has 1 atom stereocenters. The highest BCUT2D eigenvalue weighted by Gasteiger charge is 2.23. The van der Waals surface area contributed by atoms with Crippen molar-refractivity contribution >= 4 is 5.69 Å². The Morgan fingerprint density at radius 3 is 1.48 bits per heavy atom. The van der Waals surface area contributed by atoms with Gasteiger partial charge in [0.1, 0.15) is 0 Å². The van der Waals surface area contributed by atoms with Gasteiger partial charge >= 0.3 is 0 Å². The van der Waals surface area contributed by atoms with Gasteiger partial charge in [0.15, 0.2) is 0 Å². The summed E-state index contributed by atoms with van der Waals surface area (Å²) >= 11 is 0. The minimum absolute atomic E-state index is 0.110. The zero-order valence-corrected chi connectivity index (χ0v) is 17.0. The molecule has 4 rings (SSSR count). The molecular weight excluding hydrogens is 350 g/mol. The highest BCUT2D eigenvalue weighted by atomic mass is 14.6. The number of nitrogens with two attached hydrogens (primary N) is 1. The van der Waals surface area contributed by atoms with Crippen molar-refractivity contribution < 1.29 is 0 Å². The fourth-order valence-corrected chi connectivity index (χ4v) is 4.22. The Morgan fingerprint density at radius 2 is 1.00 bits per heavy atom. The van der Waals surface area contributed by atoms with E-state index in [0.717, 1.165) is 5.69 Å². The molecular formula is C28H27N. The molecule has 0 radical (unpaired) electrons. The van der Waals surface area contributed by atoms with Crippen LogP contribution in [0.3, 0.4) is 0 Å². The van der Waals surface area contributed by atoms with E-state index < -0.39 is 0 Å². The quantitative estimate of drug-likeness (QED) is 0.297. The summed E-state index contributed by atoms with van der Waals surface area (Å²) in [6.07, 6.45) is 0. The first kappa shape index (κ1) is 19.0. The van der Waals surface area contributed by atoms with E-state index >= 15 is 0 Å². The first-order valence-corrected chi connectivity index (χ1v) is 10.2. The normalized spacial score (nSPS) is 12.1. The molecule has 0 spiro atoms. The Morgan fingerprint density at radius 1 is 0.586 bits per heavy atom. The molecule has 4 aromatic carbocycles. The van der Waals surface area contributed by atoms with Gasteiger partial charge in [-0.05, 0) is 34.7 Å². The topological polar surface area (TPSA) is 26.0 Å². The molecule has 0 heterocycles. The van der Waals surface area contributed by atoms with Gasteiger partial charge in [0.25, 0.3) is 0 Å². The molecule has 1 unspecified atom stereocenters. The fraction of sp³-hybridized carbons (Fsp3) is 0.143. The van der Waals surface area contributed by atoms with Crippen LogP contribution in [0, 0.1) is 6.92 Å². The van der Waals surface area contributed by atoms with Crippen LogP contribution < -0.4 is 5.73 Å². The number of hydrogen-bond acceptors (Lipinski definition) is 1. The van der Waals surface area contributed by atoms with Crippen LogP contribution in [0.5, 0.6) is 0 Å². The molecule has 0 bridgehead atoms. The Balaban J connectivity index is 1.89. The second-order valence-corrected chi connectivity index (χ2v) is 7.74. The number of nitrogen functional groups attached to an aromatic ring is 1. The van der Waals surface area contributed by atoms with Crippen molar-refractivity contribution in [2.75, 3.05) is 5.73 Å². The van der Waals surface area contributed by atoms with Crippen LogP contribution in [-0.2, 0) is 0 Å². The maximum atomic E-state index is 6.87. The molecule has 0 saturated carbocycles. The van der Waals surface area contributed by atoms with Crippen LogP contribution in [0.2, 0.25) is 0 Å². The molecule has 0 fully saturated rings.